The lowest BCUT2D eigenvalue weighted by atomic mass is 10.1. The number of likely N-dealkylation sites (tertiary alicyclic amines) is 1. The van der Waals surface area contributed by atoms with E-state index in [1.165, 1.54) is 25.6 Å². The molecule has 1 fully saturated rings. The van der Waals surface area contributed by atoms with Gasteiger partial charge in [0.05, 0.1) is 6.20 Å². The fourth-order valence-electron chi connectivity index (χ4n) is 2.43. The maximum atomic E-state index is 8.79. The molecule has 0 aliphatic carbocycles. The molecule has 2 heterocycles. The Labute approximate surface area is 113 Å². The summed E-state index contributed by atoms with van der Waals surface area (Å²) in [5.41, 5.74) is 6.01. The number of nitriles is 1. The van der Waals surface area contributed by atoms with Crippen molar-refractivity contribution in [3.05, 3.63) is 11.8 Å². The van der Waals surface area contributed by atoms with Crippen LogP contribution in [0.4, 0.5) is 11.8 Å². The van der Waals surface area contributed by atoms with Gasteiger partial charge in [-0.2, -0.15) is 10.2 Å². The molecule has 0 amide bonds. The van der Waals surface area contributed by atoms with E-state index in [1.807, 2.05) is 6.07 Å². The van der Waals surface area contributed by atoms with Crippen LogP contribution in [-0.4, -0.2) is 40.5 Å². The number of nitrogens with two attached hydrogens (primary N) is 1. The van der Waals surface area contributed by atoms with Gasteiger partial charge in [0.15, 0.2) is 0 Å². The van der Waals surface area contributed by atoms with Gasteiger partial charge in [0.1, 0.15) is 17.5 Å². The van der Waals surface area contributed by atoms with Crippen molar-refractivity contribution in [2.24, 2.45) is 0 Å². The van der Waals surface area contributed by atoms with Crippen LogP contribution in [0.15, 0.2) is 6.20 Å². The zero-order chi connectivity index (χ0) is 13.7. The molecule has 0 bridgehead atoms. The van der Waals surface area contributed by atoms with E-state index in [2.05, 4.69) is 27.1 Å². The monoisotopic (exact) mass is 260 g/mol. The van der Waals surface area contributed by atoms with Crippen LogP contribution < -0.4 is 11.1 Å². The third kappa shape index (κ3) is 3.55. The summed E-state index contributed by atoms with van der Waals surface area (Å²) in [5, 5.41) is 12.1. The van der Waals surface area contributed by atoms with Crippen LogP contribution in [-0.2, 0) is 0 Å². The quantitative estimate of drug-likeness (QED) is 0.845. The highest BCUT2D eigenvalue weighted by Crippen LogP contribution is 2.15. The van der Waals surface area contributed by atoms with E-state index in [-0.39, 0.29) is 5.82 Å². The fourth-order valence-corrected chi connectivity index (χ4v) is 2.43. The molecule has 2 rings (SSSR count). The molecule has 1 aromatic heterocycles. The Kier molecular flexibility index (Phi) is 4.53. The van der Waals surface area contributed by atoms with Crippen molar-refractivity contribution >= 4 is 11.8 Å². The minimum atomic E-state index is 0.237. The van der Waals surface area contributed by atoms with Crippen molar-refractivity contribution in [1.82, 2.24) is 14.9 Å². The summed E-state index contributed by atoms with van der Waals surface area (Å²) in [7, 11) is 0. The van der Waals surface area contributed by atoms with Gasteiger partial charge in [-0.15, -0.1) is 0 Å². The van der Waals surface area contributed by atoms with Gasteiger partial charge in [-0.05, 0) is 32.4 Å². The van der Waals surface area contributed by atoms with E-state index >= 15 is 0 Å². The van der Waals surface area contributed by atoms with Crippen LogP contribution in [0.2, 0.25) is 0 Å². The normalized spacial score (nSPS) is 19.9. The first kappa shape index (κ1) is 13.6. The summed E-state index contributed by atoms with van der Waals surface area (Å²) in [6, 6.07) is 2.32. The maximum Gasteiger partial charge on any atom is 0.224 e. The lowest BCUT2D eigenvalue weighted by Crippen LogP contribution is -2.42. The van der Waals surface area contributed by atoms with Gasteiger partial charge in [0, 0.05) is 12.6 Å². The average molecular weight is 260 g/mol. The number of nitrogens with zero attached hydrogens (tertiary/aromatic N) is 4. The number of anilines is 2. The standard InChI is InChI=1S/C13H20N6/c1-2-5-19-6-3-4-11(9-19)17-13-16-8-10(7-14)12(15)18-13/h8,11H,2-6,9H2,1H3,(H3,15,16,17,18). The summed E-state index contributed by atoms with van der Waals surface area (Å²) in [5.74, 6) is 0.751. The second-order valence-electron chi connectivity index (χ2n) is 4.89. The van der Waals surface area contributed by atoms with Gasteiger partial charge in [-0.25, -0.2) is 4.98 Å². The van der Waals surface area contributed by atoms with Gasteiger partial charge in [-0.1, -0.05) is 6.92 Å². The average Bonchev–Trinajstić information content (AvgIpc) is 2.40. The molecule has 0 spiro atoms. The fraction of sp³-hybridized carbons (Fsp3) is 0.615. The van der Waals surface area contributed by atoms with Crippen molar-refractivity contribution in [1.29, 1.82) is 5.26 Å². The van der Waals surface area contributed by atoms with E-state index < -0.39 is 0 Å². The van der Waals surface area contributed by atoms with Crippen LogP contribution in [0.3, 0.4) is 0 Å². The molecule has 6 heteroatoms. The number of aromatic nitrogens is 2. The predicted molar refractivity (Wildman–Crippen MR) is 74.5 cm³/mol. The van der Waals surface area contributed by atoms with Gasteiger partial charge in [0.25, 0.3) is 0 Å². The van der Waals surface area contributed by atoms with E-state index in [1.54, 1.807) is 0 Å². The Morgan fingerprint density at radius 1 is 1.63 bits per heavy atom. The van der Waals surface area contributed by atoms with Crippen LogP contribution >= 0.6 is 0 Å². The van der Waals surface area contributed by atoms with Gasteiger partial charge < -0.3 is 16.0 Å². The zero-order valence-corrected chi connectivity index (χ0v) is 11.3. The smallest absolute Gasteiger partial charge is 0.224 e. The van der Waals surface area contributed by atoms with E-state index in [9.17, 15) is 0 Å². The molecular weight excluding hydrogens is 240 g/mol. The van der Waals surface area contributed by atoms with Crippen molar-refractivity contribution in [3.63, 3.8) is 0 Å². The Hall–Kier alpha value is -1.87. The Balaban J connectivity index is 1.97. The van der Waals surface area contributed by atoms with Crippen LogP contribution in [0, 0.1) is 11.3 Å². The van der Waals surface area contributed by atoms with Crippen molar-refractivity contribution in [3.8, 4) is 6.07 Å². The van der Waals surface area contributed by atoms with E-state index in [0.29, 0.717) is 17.6 Å². The summed E-state index contributed by atoms with van der Waals surface area (Å²) in [4.78, 5) is 10.7. The van der Waals surface area contributed by atoms with Gasteiger partial charge >= 0.3 is 0 Å². The lowest BCUT2D eigenvalue weighted by molar-refractivity contribution is 0.216. The number of nitrogen functional groups attached to an aromatic ring is 1. The first-order valence-electron chi connectivity index (χ1n) is 6.74. The Morgan fingerprint density at radius 3 is 3.16 bits per heavy atom. The lowest BCUT2D eigenvalue weighted by Gasteiger charge is -2.32. The molecule has 1 saturated heterocycles. The number of hydrogen-bond donors (Lipinski definition) is 2. The second-order valence-corrected chi connectivity index (χ2v) is 4.89. The molecule has 0 aromatic carbocycles. The number of nitrogens with one attached hydrogen (secondary N) is 1. The Morgan fingerprint density at radius 2 is 2.47 bits per heavy atom. The van der Waals surface area contributed by atoms with E-state index in [4.69, 9.17) is 11.0 Å². The number of piperidine rings is 1. The first-order chi connectivity index (χ1) is 9.22. The highest BCUT2D eigenvalue weighted by Gasteiger charge is 2.19. The molecule has 19 heavy (non-hydrogen) atoms. The van der Waals surface area contributed by atoms with Crippen LogP contribution in [0.5, 0.6) is 0 Å². The summed E-state index contributed by atoms with van der Waals surface area (Å²) in [6.45, 7) is 5.51. The van der Waals surface area contributed by atoms with Gasteiger partial charge in [-0.3, -0.25) is 0 Å². The molecule has 1 unspecified atom stereocenters. The molecule has 3 N–H and O–H groups in total. The molecule has 0 saturated carbocycles. The molecular formula is C13H20N6. The van der Waals surface area contributed by atoms with Gasteiger partial charge in [0.2, 0.25) is 5.95 Å². The molecule has 102 valence electrons. The van der Waals surface area contributed by atoms with Crippen molar-refractivity contribution in [2.75, 3.05) is 30.7 Å². The molecule has 1 aromatic rings. The largest absolute Gasteiger partial charge is 0.382 e. The summed E-state index contributed by atoms with van der Waals surface area (Å²) in [6.07, 6.45) is 4.94. The second kappa shape index (κ2) is 6.34. The number of hydrogen-bond acceptors (Lipinski definition) is 6. The third-order valence-electron chi connectivity index (χ3n) is 3.32. The predicted octanol–water partition coefficient (Wildman–Crippen LogP) is 1.22. The number of rotatable bonds is 4. The highest BCUT2D eigenvalue weighted by molar-refractivity contribution is 5.49. The third-order valence-corrected chi connectivity index (χ3v) is 3.32. The summed E-state index contributed by atoms with van der Waals surface area (Å²) < 4.78 is 0. The topological polar surface area (TPSA) is 90.9 Å². The molecule has 1 atom stereocenters. The molecule has 0 radical (unpaired) electrons. The minimum Gasteiger partial charge on any atom is -0.382 e. The molecule has 6 nitrogen and oxygen atoms in total. The van der Waals surface area contributed by atoms with Crippen molar-refractivity contribution in [2.45, 2.75) is 32.2 Å². The van der Waals surface area contributed by atoms with Crippen LogP contribution in [0.1, 0.15) is 31.7 Å². The zero-order valence-electron chi connectivity index (χ0n) is 11.3. The Bertz CT molecular complexity index is 465. The van der Waals surface area contributed by atoms with Crippen LogP contribution in [0.25, 0.3) is 0 Å². The molecule has 1 aliphatic heterocycles. The van der Waals surface area contributed by atoms with Crippen molar-refractivity contribution < 1.29 is 0 Å². The maximum absolute atomic E-state index is 8.79. The highest BCUT2D eigenvalue weighted by atomic mass is 15.2. The SMILES string of the molecule is CCCN1CCCC(Nc2ncc(C#N)c(N)n2)C1. The first-order valence-corrected chi connectivity index (χ1v) is 6.74. The molecule has 1 aliphatic rings. The van der Waals surface area contributed by atoms with E-state index in [0.717, 1.165) is 19.5 Å². The summed E-state index contributed by atoms with van der Waals surface area (Å²) >= 11 is 0. The minimum absolute atomic E-state index is 0.237.